The van der Waals surface area contributed by atoms with Crippen molar-refractivity contribution in [3.05, 3.63) is 35.9 Å². The maximum Gasteiger partial charge on any atom is 0.238 e. The molecule has 0 fully saturated rings. The Bertz CT molecular complexity index is 870. The van der Waals surface area contributed by atoms with Gasteiger partial charge >= 0.3 is 0 Å². The van der Waals surface area contributed by atoms with Gasteiger partial charge in [0.2, 0.25) is 5.16 Å². The van der Waals surface area contributed by atoms with Gasteiger partial charge in [-0.1, -0.05) is 0 Å². The van der Waals surface area contributed by atoms with Crippen molar-refractivity contribution in [3.63, 3.8) is 0 Å². The highest BCUT2D eigenvalue weighted by molar-refractivity contribution is 7.84. The Balaban J connectivity index is 1.75. The molecule has 2 aromatic heterocycles. The molecule has 23 heavy (non-hydrogen) atoms. The predicted octanol–water partition coefficient (Wildman–Crippen LogP) is 1.04. The molecule has 7 nitrogen and oxygen atoms in total. The molecule has 0 amide bonds. The maximum absolute atomic E-state index is 11.3. The van der Waals surface area contributed by atoms with Gasteiger partial charge in [-0.2, -0.15) is 0 Å². The van der Waals surface area contributed by atoms with Gasteiger partial charge in [0.15, 0.2) is 0 Å². The second kappa shape index (κ2) is 6.21. The Morgan fingerprint density at radius 3 is 2.61 bits per heavy atom. The molecule has 122 valence electrons. The summed E-state index contributed by atoms with van der Waals surface area (Å²) in [4.78, 5) is 8.34. The Morgan fingerprint density at radius 1 is 1.17 bits per heavy atom. The van der Waals surface area contributed by atoms with Crippen molar-refractivity contribution < 1.29 is 9.32 Å². The lowest BCUT2D eigenvalue weighted by Gasteiger charge is -2.12. The average Bonchev–Trinajstić information content (AvgIpc) is 3.08. The number of rotatable bonds is 5. The highest BCUT2D eigenvalue weighted by Crippen LogP contribution is 2.18. The van der Waals surface area contributed by atoms with Crippen molar-refractivity contribution in [1.29, 1.82) is 0 Å². The number of imidazole rings is 1. The molecule has 0 unspecified atom stereocenters. The first-order valence-corrected chi connectivity index (χ1v) is 8.83. The number of aromatic nitrogens is 5. The Morgan fingerprint density at radius 2 is 1.91 bits per heavy atom. The van der Waals surface area contributed by atoms with Gasteiger partial charge in [0.25, 0.3) is 0 Å². The quantitative estimate of drug-likeness (QED) is 0.754. The molecule has 0 radical (unpaired) electrons. The molecule has 0 bridgehead atoms. The van der Waals surface area contributed by atoms with Crippen molar-refractivity contribution in [2.24, 2.45) is 0 Å². The molecule has 2 atom stereocenters. The predicted molar refractivity (Wildman–Crippen MR) is 87.6 cm³/mol. The zero-order valence-electron chi connectivity index (χ0n) is 13.3. The minimum atomic E-state index is -1.22. The summed E-state index contributed by atoms with van der Waals surface area (Å²) < 4.78 is 14.7. The van der Waals surface area contributed by atoms with E-state index in [4.69, 9.17) is 0 Å². The van der Waals surface area contributed by atoms with Crippen LogP contribution in [-0.2, 0) is 23.9 Å². The zero-order valence-corrected chi connectivity index (χ0v) is 14.1. The van der Waals surface area contributed by atoms with Gasteiger partial charge in [-0.3, -0.25) is 4.21 Å². The summed E-state index contributed by atoms with van der Waals surface area (Å²) in [5.41, 5.74) is 4.32. The van der Waals surface area contributed by atoms with Crippen LogP contribution in [0.1, 0.15) is 11.1 Å². The van der Waals surface area contributed by atoms with E-state index >= 15 is 0 Å². The Kier molecular flexibility index (Phi) is 4.27. The second-order valence-electron chi connectivity index (χ2n) is 5.68. The summed E-state index contributed by atoms with van der Waals surface area (Å²) in [6, 6.07) is 4.13. The van der Waals surface area contributed by atoms with E-state index < -0.39 is 16.9 Å². The monoisotopic (exact) mass is 333 g/mol. The SMILES string of the molecule is Cc1cc2ncn(C[C@H](O)Cn3cnc([S@](C)=O)n3)c2cc1C. The first kappa shape index (κ1) is 15.8. The van der Waals surface area contributed by atoms with E-state index in [9.17, 15) is 9.32 Å². The highest BCUT2D eigenvalue weighted by Gasteiger charge is 2.12. The summed E-state index contributed by atoms with van der Waals surface area (Å²) in [5, 5.41) is 14.7. The Labute approximate surface area is 136 Å². The van der Waals surface area contributed by atoms with Crippen molar-refractivity contribution in [3.8, 4) is 0 Å². The molecule has 3 aromatic rings. The summed E-state index contributed by atoms with van der Waals surface area (Å²) in [6.07, 6.45) is 4.10. The fraction of sp³-hybridized carbons (Fsp3) is 0.400. The summed E-state index contributed by atoms with van der Waals surface area (Å²) in [7, 11) is -1.22. The minimum absolute atomic E-state index is 0.274. The number of hydrogen-bond donors (Lipinski definition) is 1. The Hall–Kier alpha value is -2.06. The van der Waals surface area contributed by atoms with E-state index in [2.05, 4.69) is 35.0 Å². The first-order valence-electron chi connectivity index (χ1n) is 7.27. The number of hydrogen-bond acceptors (Lipinski definition) is 5. The van der Waals surface area contributed by atoms with Crippen LogP contribution in [0.3, 0.4) is 0 Å². The number of fused-ring (bicyclic) bond motifs is 1. The molecule has 1 aromatic carbocycles. The van der Waals surface area contributed by atoms with Crippen LogP contribution in [0.2, 0.25) is 0 Å². The molecule has 0 spiro atoms. The third kappa shape index (κ3) is 3.32. The normalized spacial score (nSPS) is 14.3. The number of aliphatic hydroxyl groups is 1. The summed E-state index contributed by atoms with van der Waals surface area (Å²) in [6.45, 7) is 4.81. The van der Waals surface area contributed by atoms with Crippen molar-refractivity contribution in [1.82, 2.24) is 24.3 Å². The zero-order chi connectivity index (χ0) is 16.6. The lowest BCUT2D eigenvalue weighted by molar-refractivity contribution is 0.131. The number of aliphatic hydroxyl groups excluding tert-OH is 1. The summed E-state index contributed by atoms with van der Waals surface area (Å²) in [5.74, 6) is 0. The van der Waals surface area contributed by atoms with E-state index in [1.165, 1.54) is 28.4 Å². The number of nitrogens with zero attached hydrogens (tertiary/aromatic N) is 5. The molecular formula is C15H19N5O2S. The molecule has 0 saturated carbocycles. The molecule has 1 N–H and O–H groups in total. The van der Waals surface area contributed by atoms with Crippen molar-refractivity contribution >= 4 is 21.8 Å². The molecular weight excluding hydrogens is 314 g/mol. The topological polar surface area (TPSA) is 85.8 Å². The molecule has 3 rings (SSSR count). The van der Waals surface area contributed by atoms with E-state index in [1.54, 1.807) is 6.33 Å². The van der Waals surface area contributed by atoms with Gasteiger partial charge in [0.05, 0.1) is 47.4 Å². The van der Waals surface area contributed by atoms with Crippen LogP contribution in [-0.4, -0.2) is 46.0 Å². The van der Waals surface area contributed by atoms with Crippen molar-refractivity contribution in [2.75, 3.05) is 6.26 Å². The minimum Gasteiger partial charge on any atom is -0.389 e. The lowest BCUT2D eigenvalue weighted by Crippen LogP contribution is -2.22. The molecule has 0 saturated heterocycles. The molecule has 8 heteroatoms. The maximum atomic E-state index is 11.3. The smallest absolute Gasteiger partial charge is 0.238 e. The third-order valence-corrected chi connectivity index (χ3v) is 4.52. The van der Waals surface area contributed by atoms with Crippen molar-refractivity contribution in [2.45, 2.75) is 38.2 Å². The number of benzene rings is 1. The largest absolute Gasteiger partial charge is 0.389 e. The van der Waals surface area contributed by atoms with Crippen LogP contribution >= 0.6 is 0 Å². The van der Waals surface area contributed by atoms with Gasteiger partial charge in [-0.25, -0.2) is 14.6 Å². The summed E-state index contributed by atoms with van der Waals surface area (Å²) >= 11 is 0. The van der Waals surface area contributed by atoms with Crippen LogP contribution in [0, 0.1) is 13.8 Å². The fourth-order valence-corrected chi connectivity index (χ4v) is 2.87. The second-order valence-corrected chi connectivity index (χ2v) is 6.95. The van der Waals surface area contributed by atoms with Crippen LogP contribution < -0.4 is 0 Å². The molecule has 0 aliphatic rings. The van der Waals surface area contributed by atoms with E-state index in [1.807, 2.05) is 10.6 Å². The lowest BCUT2D eigenvalue weighted by atomic mass is 10.1. The van der Waals surface area contributed by atoms with Gasteiger partial charge in [0, 0.05) is 6.26 Å². The molecule has 0 aliphatic heterocycles. The molecule has 0 aliphatic carbocycles. The number of aryl methyl sites for hydroxylation is 2. The van der Waals surface area contributed by atoms with E-state index in [0.29, 0.717) is 6.54 Å². The van der Waals surface area contributed by atoms with Gasteiger partial charge in [-0.15, -0.1) is 5.10 Å². The third-order valence-electron chi connectivity index (χ3n) is 3.81. The van der Waals surface area contributed by atoms with Crippen LogP contribution in [0.5, 0.6) is 0 Å². The van der Waals surface area contributed by atoms with Gasteiger partial charge < -0.3 is 9.67 Å². The van der Waals surface area contributed by atoms with E-state index in [-0.39, 0.29) is 11.7 Å². The first-order chi connectivity index (χ1) is 10.9. The van der Waals surface area contributed by atoms with Crippen LogP contribution in [0.25, 0.3) is 11.0 Å². The molecule has 2 heterocycles. The standard InChI is InChI=1S/C15H19N5O2S/c1-10-4-13-14(5-11(10)2)19(8-16-13)6-12(21)7-20-9-17-15(18-20)23(3)22/h4-5,8-9,12,21H,6-7H2,1-3H3/t12-,23-/m0/s1. The fourth-order valence-electron chi connectivity index (χ4n) is 2.46. The van der Waals surface area contributed by atoms with E-state index in [0.717, 1.165) is 11.0 Å². The average molecular weight is 333 g/mol. The van der Waals surface area contributed by atoms with Gasteiger partial charge in [0.1, 0.15) is 6.33 Å². The van der Waals surface area contributed by atoms with Gasteiger partial charge in [-0.05, 0) is 37.1 Å². The van der Waals surface area contributed by atoms with Crippen LogP contribution in [0.4, 0.5) is 0 Å². The van der Waals surface area contributed by atoms with Crippen LogP contribution in [0.15, 0.2) is 29.9 Å². The highest BCUT2D eigenvalue weighted by atomic mass is 32.2.